The Kier molecular flexibility index (Phi) is 1.55. The maximum absolute atomic E-state index is 11.1. The van der Waals surface area contributed by atoms with Crippen molar-refractivity contribution in [1.29, 1.82) is 0 Å². The highest BCUT2D eigenvalue weighted by atomic mass is 16.6. The second-order valence-electron chi connectivity index (χ2n) is 3.23. The molecule has 0 spiro atoms. The third-order valence-electron chi connectivity index (χ3n) is 2.41. The molecule has 68 valence electrons. The molecule has 2 aliphatic rings. The second-order valence-corrected chi connectivity index (χ2v) is 3.23. The minimum Gasteiger partial charge on any atom is -0.387 e. The first kappa shape index (κ1) is 8.10. The summed E-state index contributed by atoms with van der Waals surface area (Å²) in [5.41, 5.74) is 0. The fourth-order valence-corrected chi connectivity index (χ4v) is 1.75. The molecule has 2 atom stereocenters. The largest absolute Gasteiger partial charge is 0.387 e. The molecular weight excluding hydrogens is 176 g/mol. The quantitative estimate of drug-likeness (QED) is 0.279. The van der Waals surface area contributed by atoms with E-state index in [-0.39, 0.29) is 18.6 Å². The average Bonchev–Trinajstić information content (AvgIpc) is 2.44. The number of hydrogen-bond acceptors (Lipinski definition) is 5. The zero-order chi connectivity index (χ0) is 9.59. The van der Waals surface area contributed by atoms with E-state index in [1.54, 1.807) is 0 Å². The van der Waals surface area contributed by atoms with Gasteiger partial charge in [-0.2, -0.15) is 0 Å². The van der Waals surface area contributed by atoms with Gasteiger partial charge in [-0.15, -0.1) is 0 Å². The molecule has 0 amide bonds. The third-order valence-corrected chi connectivity index (χ3v) is 2.41. The van der Waals surface area contributed by atoms with Crippen LogP contribution in [-0.4, -0.2) is 23.5 Å². The molecule has 1 saturated carbocycles. The molecule has 0 aromatic rings. The molecule has 1 aliphatic carbocycles. The van der Waals surface area contributed by atoms with Gasteiger partial charge in [0, 0.05) is 18.8 Å². The number of fused-ring (bicyclic) bond motifs is 1. The number of hydrogen-bond donors (Lipinski definition) is 0. The molecule has 0 aromatic heterocycles. The van der Waals surface area contributed by atoms with Crippen LogP contribution in [-0.2, 0) is 23.9 Å². The van der Waals surface area contributed by atoms with Gasteiger partial charge in [0.05, 0.1) is 5.92 Å². The lowest BCUT2D eigenvalue weighted by molar-refractivity contribution is -0.174. The predicted octanol–water partition coefficient (Wildman–Crippen LogP) is -0.766. The van der Waals surface area contributed by atoms with Gasteiger partial charge in [-0.3, -0.25) is 14.4 Å². The predicted molar refractivity (Wildman–Crippen MR) is 37.3 cm³/mol. The van der Waals surface area contributed by atoms with E-state index in [9.17, 15) is 19.2 Å². The van der Waals surface area contributed by atoms with Crippen molar-refractivity contribution in [3.05, 3.63) is 0 Å². The zero-order valence-electron chi connectivity index (χ0n) is 6.61. The number of ether oxygens (including phenoxy) is 1. The van der Waals surface area contributed by atoms with Crippen molar-refractivity contribution < 1.29 is 23.9 Å². The van der Waals surface area contributed by atoms with Crippen molar-refractivity contribution in [2.45, 2.75) is 12.8 Å². The molecule has 5 heteroatoms. The van der Waals surface area contributed by atoms with Crippen LogP contribution in [0.3, 0.4) is 0 Å². The van der Waals surface area contributed by atoms with E-state index >= 15 is 0 Å². The normalized spacial score (nSPS) is 33.2. The van der Waals surface area contributed by atoms with Crippen LogP contribution in [0.4, 0.5) is 0 Å². The molecule has 2 fully saturated rings. The monoisotopic (exact) mass is 182 g/mol. The smallest absolute Gasteiger partial charge is 0.382 e. The summed E-state index contributed by atoms with van der Waals surface area (Å²) in [5.74, 6) is -4.22. The first-order valence-electron chi connectivity index (χ1n) is 3.91. The summed E-state index contributed by atoms with van der Waals surface area (Å²) in [5, 5.41) is 0. The fourth-order valence-electron chi connectivity index (χ4n) is 1.75. The molecule has 2 unspecified atom stereocenters. The van der Waals surface area contributed by atoms with Crippen molar-refractivity contribution in [2.24, 2.45) is 11.8 Å². The van der Waals surface area contributed by atoms with E-state index in [1.807, 2.05) is 0 Å². The molecule has 0 bridgehead atoms. The fraction of sp³-hybridized carbons (Fsp3) is 0.500. The lowest BCUT2D eigenvalue weighted by atomic mass is 9.90. The number of rotatable bonds is 0. The first-order chi connectivity index (χ1) is 6.09. The van der Waals surface area contributed by atoms with Crippen LogP contribution in [0.1, 0.15) is 12.8 Å². The Balaban J connectivity index is 2.33. The topological polar surface area (TPSA) is 77.5 Å². The van der Waals surface area contributed by atoms with Gasteiger partial charge in [0.2, 0.25) is 5.78 Å². The molecule has 0 radical (unpaired) electrons. The number of cyclic esters (lactones) is 2. The maximum Gasteiger partial charge on any atom is 0.382 e. The summed E-state index contributed by atoms with van der Waals surface area (Å²) >= 11 is 0. The van der Waals surface area contributed by atoms with E-state index in [1.165, 1.54) is 0 Å². The highest BCUT2D eigenvalue weighted by molar-refractivity contribution is 6.39. The number of esters is 2. The van der Waals surface area contributed by atoms with E-state index in [0.29, 0.717) is 0 Å². The van der Waals surface area contributed by atoms with Crippen molar-refractivity contribution in [1.82, 2.24) is 0 Å². The summed E-state index contributed by atoms with van der Waals surface area (Å²) < 4.78 is 4.18. The van der Waals surface area contributed by atoms with Crippen LogP contribution >= 0.6 is 0 Å². The van der Waals surface area contributed by atoms with Crippen molar-refractivity contribution >= 4 is 23.5 Å². The SMILES string of the molecule is O=C1CC2C(=O)OC(=O)C(=O)C2C1. The van der Waals surface area contributed by atoms with Crippen LogP contribution in [0.15, 0.2) is 0 Å². The van der Waals surface area contributed by atoms with Gasteiger partial charge in [0.1, 0.15) is 5.78 Å². The standard InChI is InChI=1S/C8H6O5/c9-3-1-4-5(2-3)7(11)13-8(12)6(4)10/h4-5H,1-2H2. The molecule has 0 aromatic carbocycles. The van der Waals surface area contributed by atoms with E-state index in [2.05, 4.69) is 4.74 Å². The van der Waals surface area contributed by atoms with Gasteiger partial charge < -0.3 is 4.74 Å². The number of Topliss-reactive ketones (excluding diaryl/α,β-unsaturated/α-hetero) is 2. The Morgan fingerprint density at radius 2 is 1.62 bits per heavy atom. The van der Waals surface area contributed by atoms with Gasteiger partial charge in [-0.25, -0.2) is 4.79 Å². The van der Waals surface area contributed by atoms with E-state index in [4.69, 9.17) is 0 Å². The Bertz CT molecular complexity index is 329. The minimum absolute atomic E-state index is 0.00431. The summed E-state index contributed by atoms with van der Waals surface area (Å²) in [6.45, 7) is 0. The van der Waals surface area contributed by atoms with Gasteiger partial charge in [-0.1, -0.05) is 0 Å². The first-order valence-corrected chi connectivity index (χ1v) is 3.91. The molecule has 5 nitrogen and oxygen atoms in total. The highest BCUT2D eigenvalue weighted by Gasteiger charge is 2.50. The summed E-state index contributed by atoms with van der Waals surface area (Å²) in [6.07, 6.45) is 0.0346. The summed E-state index contributed by atoms with van der Waals surface area (Å²) in [7, 11) is 0. The van der Waals surface area contributed by atoms with E-state index in [0.717, 1.165) is 0 Å². The van der Waals surface area contributed by atoms with Crippen LogP contribution in [0, 0.1) is 11.8 Å². The maximum atomic E-state index is 11.1. The summed E-state index contributed by atoms with van der Waals surface area (Å²) in [6, 6.07) is 0. The molecule has 1 aliphatic heterocycles. The Labute approximate surface area is 73.0 Å². The third kappa shape index (κ3) is 1.07. The van der Waals surface area contributed by atoms with Gasteiger partial charge in [0.25, 0.3) is 0 Å². The van der Waals surface area contributed by atoms with Gasteiger partial charge in [0.15, 0.2) is 0 Å². The van der Waals surface area contributed by atoms with Crippen LogP contribution in [0.5, 0.6) is 0 Å². The average molecular weight is 182 g/mol. The lowest BCUT2D eigenvalue weighted by Crippen LogP contribution is -2.40. The lowest BCUT2D eigenvalue weighted by Gasteiger charge is -2.19. The number of carbonyl (C=O) groups is 4. The molecule has 0 N–H and O–H groups in total. The summed E-state index contributed by atoms with van der Waals surface area (Å²) in [4.78, 5) is 43.8. The molecule has 1 saturated heterocycles. The minimum atomic E-state index is -1.12. The molecule has 2 rings (SSSR count). The van der Waals surface area contributed by atoms with Gasteiger partial charge in [-0.05, 0) is 0 Å². The Hall–Kier alpha value is -1.52. The number of carbonyl (C=O) groups excluding carboxylic acids is 4. The Morgan fingerprint density at radius 3 is 2.31 bits per heavy atom. The zero-order valence-corrected chi connectivity index (χ0v) is 6.61. The highest BCUT2D eigenvalue weighted by Crippen LogP contribution is 2.34. The van der Waals surface area contributed by atoms with E-state index < -0.39 is 29.6 Å². The van der Waals surface area contributed by atoms with Crippen LogP contribution in [0.2, 0.25) is 0 Å². The van der Waals surface area contributed by atoms with Gasteiger partial charge >= 0.3 is 11.9 Å². The molecular formula is C8H6O5. The van der Waals surface area contributed by atoms with Crippen molar-refractivity contribution in [3.63, 3.8) is 0 Å². The van der Waals surface area contributed by atoms with Crippen LogP contribution in [0.25, 0.3) is 0 Å². The Morgan fingerprint density at radius 1 is 1.00 bits per heavy atom. The second kappa shape index (κ2) is 2.48. The van der Waals surface area contributed by atoms with Crippen LogP contribution < -0.4 is 0 Å². The molecule has 1 heterocycles. The van der Waals surface area contributed by atoms with Crippen molar-refractivity contribution in [3.8, 4) is 0 Å². The molecule has 13 heavy (non-hydrogen) atoms. The number of ketones is 2. The van der Waals surface area contributed by atoms with Crippen molar-refractivity contribution in [2.75, 3.05) is 0 Å².